The van der Waals surface area contributed by atoms with E-state index in [0.717, 1.165) is 31.5 Å². The van der Waals surface area contributed by atoms with E-state index in [1.165, 1.54) is 0 Å². The molecule has 1 fully saturated rings. The lowest BCUT2D eigenvalue weighted by atomic mass is 10.2. The molecule has 3 amide bonds. The van der Waals surface area contributed by atoms with Crippen LogP contribution in [0, 0.1) is 0 Å². The number of nitrogens with zero attached hydrogens (tertiary/aromatic N) is 2. The second-order valence-corrected chi connectivity index (χ2v) is 5.92. The van der Waals surface area contributed by atoms with Crippen molar-refractivity contribution in [2.75, 3.05) is 26.7 Å². The highest BCUT2D eigenvalue weighted by Crippen LogP contribution is 2.16. The maximum atomic E-state index is 12.0. The molecule has 0 spiro atoms. The third kappa shape index (κ3) is 4.63. The Hall–Kier alpha value is -1.75. The summed E-state index contributed by atoms with van der Waals surface area (Å²) < 4.78 is 0. The second-order valence-electron chi connectivity index (χ2n) is 5.52. The molecule has 1 aromatic carbocycles. The molecular weight excluding hydrogens is 302 g/mol. The minimum atomic E-state index is -0.200. The van der Waals surface area contributed by atoms with E-state index >= 15 is 0 Å². The van der Waals surface area contributed by atoms with Gasteiger partial charge in [0.1, 0.15) is 0 Å². The number of hydrogen-bond donors (Lipinski definition) is 1. The topological polar surface area (TPSA) is 52.7 Å². The molecule has 1 aromatic rings. The van der Waals surface area contributed by atoms with Crippen LogP contribution >= 0.6 is 11.6 Å². The van der Waals surface area contributed by atoms with Crippen LogP contribution in [0.2, 0.25) is 5.02 Å². The van der Waals surface area contributed by atoms with Crippen LogP contribution in [0.5, 0.6) is 0 Å². The standard InChI is InChI=1S/C16H22ClN3O2/c1-19(12-13-6-2-3-7-14(13)17)16(22)18-9-8-15(21)20-10-4-5-11-20/h2-3,6-7H,4-5,8-12H2,1H3,(H,18,22). The van der Waals surface area contributed by atoms with E-state index in [0.29, 0.717) is 24.5 Å². The molecule has 0 aromatic heterocycles. The van der Waals surface area contributed by atoms with Crippen molar-refractivity contribution in [3.8, 4) is 0 Å². The van der Waals surface area contributed by atoms with Crippen LogP contribution in [-0.2, 0) is 11.3 Å². The van der Waals surface area contributed by atoms with Crippen LogP contribution in [-0.4, -0.2) is 48.4 Å². The highest BCUT2D eigenvalue weighted by Gasteiger charge is 2.18. The van der Waals surface area contributed by atoms with Crippen molar-refractivity contribution in [1.82, 2.24) is 15.1 Å². The smallest absolute Gasteiger partial charge is 0.317 e. The summed E-state index contributed by atoms with van der Waals surface area (Å²) in [4.78, 5) is 27.3. The number of benzene rings is 1. The predicted octanol–water partition coefficient (Wildman–Crippen LogP) is 2.49. The number of urea groups is 1. The zero-order chi connectivity index (χ0) is 15.9. The van der Waals surface area contributed by atoms with Gasteiger partial charge in [-0.2, -0.15) is 0 Å². The Bertz CT molecular complexity index is 530. The van der Waals surface area contributed by atoms with Gasteiger partial charge in [-0.25, -0.2) is 4.79 Å². The van der Waals surface area contributed by atoms with Crippen molar-refractivity contribution in [3.63, 3.8) is 0 Å². The molecule has 1 aliphatic rings. The number of likely N-dealkylation sites (tertiary alicyclic amines) is 1. The first kappa shape index (κ1) is 16.6. The van der Waals surface area contributed by atoms with E-state index in [1.54, 1.807) is 18.0 Å². The number of carbonyl (C=O) groups is 2. The fourth-order valence-electron chi connectivity index (χ4n) is 2.49. The molecule has 0 saturated carbocycles. The molecule has 0 radical (unpaired) electrons. The van der Waals surface area contributed by atoms with Gasteiger partial charge in [0.25, 0.3) is 0 Å². The third-order valence-corrected chi connectivity index (χ3v) is 4.15. The Balaban J connectivity index is 1.72. The largest absolute Gasteiger partial charge is 0.343 e. The van der Waals surface area contributed by atoms with Gasteiger partial charge in [0.15, 0.2) is 0 Å². The predicted molar refractivity (Wildman–Crippen MR) is 86.7 cm³/mol. The van der Waals surface area contributed by atoms with Crippen LogP contribution < -0.4 is 5.32 Å². The van der Waals surface area contributed by atoms with Gasteiger partial charge in [-0.15, -0.1) is 0 Å². The Labute approximate surface area is 136 Å². The van der Waals surface area contributed by atoms with Crippen LogP contribution in [0.1, 0.15) is 24.8 Å². The summed E-state index contributed by atoms with van der Waals surface area (Å²) in [6.45, 7) is 2.49. The summed E-state index contributed by atoms with van der Waals surface area (Å²) in [7, 11) is 1.71. The summed E-state index contributed by atoms with van der Waals surface area (Å²) in [6.07, 6.45) is 2.52. The molecule has 0 unspecified atom stereocenters. The number of nitrogens with one attached hydrogen (secondary N) is 1. The highest BCUT2D eigenvalue weighted by molar-refractivity contribution is 6.31. The van der Waals surface area contributed by atoms with Crippen LogP contribution in [0.4, 0.5) is 4.79 Å². The van der Waals surface area contributed by atoms with Crippen LogP contribution in [0.3, 0.4) is 0 Å². The molecule has 0 bridgehead atoms. The average Bonchev–Trinajstić information content (AvgIpc) is 3.03. The van der Waals surface area contributed by atoms with Gasteiger partial charge in [-0.1, -0.05) is 29.8 Å². The second kappa shape index (κ2) is 8.03. The first-order chi connectivity index (χ1) is 10.6. The molecule has 0 atom stereocenters. The number of amides is 3. The Kier molecular flexibility index (Phi) is 6.07. The van der Waals surface area contributed by atoms with E-state index in [9.17, 15) is 9.59 Å². The molecule has 6 heteroatoms. The van der Waals surface area contributed by atoms with Crippen molar-refractivity contribution in [2.24, 2.45) is 0 Å². The maximum absolute atomic E-state index is 12.0. The lowest BCUT2D eigenvalue weighted by Gasteiger charge is -2.19. The van der Waals surface area contributed by atoms with Crippen LogP contribution in [0.25, 0.3) is 0 Å². The Morgan fingerprint density at radius 1 is 1.27 bits per heavy atom. The summed E-state index contributed by atoms with van der Waals surface area (Å²) in [6, 6.07) is 7.24. The molecular formula is C16H22ClN3O2. The fourth-order valence-corrected chi connectivity index (χ4v) is 2.69. The van der Waals surface area contributed by atoms with Crippen molar-refractivity contribution < 1.29 is 9.59 Å². The Morgan fingerprint density at radius 2 is 1.95 bits per heavy atom. The monoisotopic (exact) mass is 323 g/mol. The number of carbonyl (C=O) groups excluding carboxylic acids is 2. The average molecular weight is 324 g/mol. The van der Waals surface area contributed by atoms with Gasteiger partial charge in [0.05, 0.1) is 0 Å². The van der Waals surface area contributed by atoms with Gasteiger partial charge in [-0.05, 0) is 24.5 Å². The van der Waals surface area contributed by atoms with Crippen molar-refractivity contribution in [1.29, 1.82) is 0 Å². The summed E-state index contributed by atoms with van der Waals surface area (Å²) >= 11 is 6.08. The number of rotatable bonds is 5. The summed E-state index contributed by atoms with van der Waals surface area (Å²) in [5, 5.41) is 3.42. The lowest BCUT2D eigenvalue weighted by molar-refractivity contribution is -0.129. The van der Waals surface area contributed by atoms with Crippen LogP contribution in [0.15, 0.2) is 24.3 Å². The van der Waals surface area contributed by atoms with Gasteiger partial charge >= 0.3 is 6.03 Å². The molecule has 2 rings (SSSR count). The van der Waals surface area contributed by atoms with Crippen molar-refractivity contribution >= 4 is 23.5 Å². The molecule has 22 heavy (non-hydrogen) atoms. The molecule has 120 valence electrons. The molecule has 1 saturated heterocycles. The quantitative estimate of drug-likeness (QED) is 0.905. The molecule has 1 heterocycles. The molecule has 0 aliphatic carbocycles. The first-order valence-corrected chi connectivity index (χ1v) is 7.96. The highest BCUT2D eigenvalue weighted by atomic mass is 35.5. The number of hydrogen-bond acceptors (Lipinski definition) is 2. The lowest BCUT2D eigenvalue weighted by Crippen LogP contribution is -2.39. The molecule has 5 nitrogen and oxygen atoms in total. The van der Waals surface area contributed by atoms with E-state index in [-0.39, 0.29) is 11.9 Å². The third-order valence-electron chi connectivity index (χ3n) is 3.79. The summed E-state index contributed by atoms with van der Waals surface area (Å²) in [5.41, 5.74) is 0.898. The molecule has 1 aliphatic heterocycles. The maximum Gasteiger partial charge on any atom is 0.317 e. The van der Waals surface area contributed by atoms with Gasteiger partial charge < -0.3 is 15.1 Å². The number of halogens is 1. The minimum absolute atomic E-state index is 0.117. The fraction of sp³-hybridized carbons (Fsp3) is 0.500. The summed E-state index contributed by atoms with van der Waals surface area (Å²) in [5.74, 6) is 0.117. The normalized spacial score (nSPS) is 14.0. The minimum Gasteiger partial charge on any atom is -0.343 e. The Morgan fingerprint density at radius 3 is 2.64 bits per heavy atom. The van der Waals surface area contributed by atoms with E-state index in [1.807, 2.05) is 23.1 Å². The first-order valence-electron chi connectivity index (χ1n) is 7.58. The van der Waals surface area contributed by atoms with Gasteiger partial charge in [0, 0.05) is 44.7 Å². The SMILES string of the molecule is CN(Cc1ccccc1Cl)C(=O)NCCC(=O)N1CCCC1. The van der Waals surface area contributed by atoms with Crippen molar-refractivity contribution in [3.05, 3.63) is 34.9 Å². The zero-order valence-electron chi connectivity index (χ0n) is 12.8. The molecule has 1 N–H and O–H groups in total. The van der Waals surface area contributed by atoms with Crippen molar-refractivity contribution in [2.45, 2.75) is 25.8 Å². The van der Waals surface area contributed by atoms with Gasteiger partial charge in [-0.3, -0.25) is 4.79 Å². The zero-order valence-corrected chi connectivity index (χ0v) is 13.6. The van der Waals surface area contributed by atoms with E-state index < -0.39 is 0 Å². The van der Waals surface area contributed by atoms with E-state index in [2.05, 4.69) is 5.32 Å². The van der Waals surface area contributed by atoms with E-state index in [4.69, 9.17) is 11.6 Å². The van der Waals surface area contributed by atoms with Gasteiger partial charge in [0.2, 0.25) is 5.91 Å².